The first kappa shape index (κ1) is 13.2. The van der Waals surface area contributed by atoms with Crippen molar-refractivity contribution in [3.63, 3.8) is 0 Å². The van der Waals surface area contributed by atoms with Gasteiger partial charge >= 0.3 is 0 Å². The van der Waals surface area contributed by atoms with E-state index in [4.69, 9.17) is 10.2 Å². The third-order valence-electron chi connectivity index (χ3n) is 2.89. The van der Waals surface area contributed by atoms with Gasteiger partial charge in [-0.15, -0.1) is 0 Å². The number of rotatable bonds is 3. The van der Waals surface area contributed by atoms with Gasteiger partial charge in [-0.25, -0.2) is 0 Å². The monoisotopic (exact) mass is 222 g/mol. The lowest BCUT2D eigenvalue weighted by Gasteiger charge is -2.20. The number of benzene rings is 1. The number of aliphatic hydroxyl groups is 2. The van der Waals surface area contributed by atoms with Crippen LogP contribution in [0.15, 0.2) is 24.3 Å². The van der Waals surface area contributed by atoms with Crippen LogP contribution in [-0.4, -0.2) is 16.5 Å². The first-order valence-corrected chi connectivity index (χ1v) is 5.76. The summed E-state index contributed by atoms with van der Waals surface area (Å²) in [4.78, 5) is 0. The second kappa shape index (κ2) is 4.98. The van der Waals surface area contributed by atoms with E-state index in [2.05, 4.69) is 45.0 Å². The molecule has 90 valence electrons. The van der Waals surface area contributed by atoms with Gasteiger partial charge in [0.2, 0.25) is 0 Å². The van der Waals surface area contributed by atoms with Gasteiger partial charge in [-0.1, -0.05) is 52.0 Å². The molecule has 0 aliphatic heterocycles. The molecule has 2 nitrogen and oxygen atoms in total. The molecule has 1 unspecified atom stereocenters. The van der Waals surface area contributed by atoms with Crippen molar-refractivity contribution in [2.24, 2.45) is 5.92 Å². The van der Waals surface area contributed by atoms with Crippen LogP contribution >= 0.6 is 0 Å². The van der Waals surface area contributed by atoms with Crippen molar-refractivity contribution < 1.29 is 10.2 Å². The lowest BCUT2D eigenvalue weighted by Crippen LogP contribution is -2.18. The maximum Gasteiger partial charge on any atom is 0.154 e. The average molecular weight is 222 g/mol. The van der Waals surface area contributed by atoms with Crippen LogP contribution in [0.25, 0.3) is 0 Å². The number of hydrogen-bond acceptors (Lipinski definition) is 2. The van der Waals surface area contributed by atoms with Crippen molar-refractivity contribution in [2.75, 3.05) is 0 Å². The topological polar surface area (TPSA) is 40.5 Å². The highest BCUT2D eigenvalue weighted by Gasteiger charge is 2.14. The Kier molecular flexibility index (Phi) is 4.11. The van der Waals surface area contributed by atoms with E-state index in [1.165, 1.54) is 5.56 Å². The van der Waals surface area contributed by atoms with E-state index in [0.717, 1.165) is 5.56 Å². The summed E-state index contributed by atoms with van der Waals surface area (Å²) >= 11 is 0. The van der Waals surface area contributed by atoms with Gasteiger partial charge in [0.15, 0.2) is 6.29 Å². The van der Waals surface area contributed by atoms with Gasteiger partial charge in [0.05, 0.1) is 0 Å². The minimum Gasteiger partial charge on any atom is -0.368 e. The van der Waals surface area contributed by atoms with Crippen LogP contribution in [-0.2, 0) is 11.8 Å². The number of aliphatic hydroxyl groups excluding tert-OH is 1. The fourth-order valence-electron chi connectivity index (χ4n) is 1.62. The van der Waals surface area contributed by atoms with E-state index in [9.17, 15) is 0 Å². The summed E-state index contributed by atoms with van der Waals surface area (Å²) < 4.78 is 0. The van der Waals surface area contributed by atoms with E-state index in [1.807, 2.05) is 6.92 Å². The van der Waals surface area contributed by atoms with Gasteiger partial charge in [0.25, 0.3) is 0 Å². The highest BCUT2D eigenvalue weighted by molar-refractivity contribution is 5.27. The van der Waals surface area contributed by atoms with Crippen molar-refractivity contribution in [3.05, 3.63) is 35.4 Å². The molecule has 0 amide bonds. The third-order valence-corrected chi connectivity index (χ3v) is 2.89. The molecular formula is C14H22O2. The summed E-state index contributed by atoms with van der Waals surface area (Å²) in [6.45, 7) is 8.38. The second-order valence-corrected chi connectivity index (χ2v) is 5.54. The first-order chi connectivity index (χ1) is 7.30. The standard InChI is InChI=1S/C14H22O2/c1-10(13(15)16)9-11-5-7-12(8-6-11)14(2,3)4/h5-8,10,13,15-16H,9H2,1-4H3. The van der Waals surface area contributed by atoms with Crippen molar-refractivity contribution in [1.29, 1.82) is 0 Å². The SMILES string of the molecule is CC(Cc1ccc(C(C)(C)C)cc1)C(O)O. The van der Waals surface area contributed by atoms with Crippen LogP contribution in [0.4, 0.5) is 0 Å². The maximum atomic E-state index is 9.02. The molecule has 0 aliphatic carbocycles. The van der Waals surface area contributed by atoms with Crippen molar-refractivity contribution in [2.45, 2.75) is 45.8 Å². The van der Waals surface area contributed by atoms with Crippen LogP contribution in [0.1, 0.15) is 38.8 Å². The molecule has 1 rings (SSSR count). The molecule has 0 saturated carbocycles. The third kappa shape index (κ3) is 3.62. The molecule has 0 fully saturated rings. The molecule has 0 saturated heterocycles. The summed E-state index contributed by atoms with van der Waals surface area (Å²) in [5.74, 6) is -0.125. The summed E-state index contributed by atoms with van der Waals surface area (Å²) in [6.07, 6.45) is -0.537. The fourth-order valence-corrected chi connectivity index (χ4v) is 1.62. The van der Waals surface area contributed by atoms with Gasteiger partial charge < -0.3 is 10.2 Å². The molecule has 0 bridgehead atoms. The Bertz CT molecular complexity index is 320. The molecule has 2 N–H and O–H groups in total. The molecule has 0 aliphatic rings. The predicted molar refractivity (Wildman–Crippen MR) is 66.2 cm³/mol. The Hall–Kier alpha value is -0.860. The zero-order chi connectivity index (χ0) is 12.3. The van der Waals surface area contributed by atoms with E-state index >= 15 is 0 Å². The van der Waals surface area contributed by atoms with Crippen LogP contribution in [0.5, 0.6) is 0 Å². The summed E-state index contributed by atoms with van der Waals surface area (Å²) in [5, 5.41) is 18.0. The average Bonchev–Trinajstić information content (AvgIpc) is 2.17. The highest BCUT2D eigenvalue weighted by atomic mass is 16.5. The van der Waals surface area contributed by atoms with Crippen molar-refractivity contribution in [1.82, 2.24) is 0 Å². The molecule has 0 heterocycles. The lowest BCUT2D eigenvalue weighted by molar-refractivity contribution is -0.0780. The summed E-state index contributed by atoms with van der Waals surface area (Å²) in [6, 6.07) is 8.37. The van der Waals surface area contributed by atoms with Crippen LogP contribution in [0.2, 0.25) is 0 Å². The van der Waals surface area contributed by atoms with E-state index in [0.29, 0.717) is 6.42 Å². The molecule has 1 aromatic rings. The number of hydrogen-bond donors (Lipinski definition) is 2. The Labute approximate surface area is 97.9 Å². The van der Waals surface area contributed by atoms with Gasteiger partial charge in [0, 0.05) is 5.92 Å². The Morgan fingerprint density at radius 3 is 1.94 bits per heavy atom. The molecule has 2 heteroatoms. The lowest BCUT2D eigenvalue weighted by atomic mass is 9.86. The zero-order valence-electron chi connectivity index (χ0n) is 10.6. The van der Waals surface area contributed by atoms with E-state index in [-0.39, 0.29) is 11.3 Å². The van der Waals surface area contributed by atoms with Crippen LogP contribution < -0.4 is 0 Å². The highest BCUT2D eigenvalue weighted by Crippen LogP contribution is 2.23. The van der Waals surface area contributed by atoms with E-state index < -0.39 is 6.29 Å². The van der Waals surface area contributed by atoms with Crippen molar-refractivity contribution >= 4 is 0 Å². The molecule has 1 aromatic carbocycles. The van der Waals surface area contributed by atoms with E-state index in [1.54, 1.807) is 0 Å². The summed E-state index contributed by atoms with van der Waals surface area (Å²) in [7, 11) is 0. The van der Waals surface area contributed by atoms with Crippen LogP contribution in [0, 0.1) is 5.92 Å². The summed E-state index contributed by atoms with van der Waals surface area (Å²) in [5.41, 5.74) is 2.61. The molecule has 16 heavy (non-hydrogen) atoms. The molecule has 0 spiro atoms. The normalized spacial score (nSPS) is 14.2. The molecule has 0 aromatic heterocycles. The Morgan fingerprint density at radius 1 is 1.06 bits per heavy atom. The van der Waals surface area contributed by atoms with Crippen LogP contribution in [0.3, 0.4) is 0 Å². The van der Waals surface area contributed by atoms with Crippen molar-refractivity contribution in [3.8, 4) is 0 Å². The quantitative estimate of drug-likeness (QED) is 0.771. The smallest absolute Gasteiger partial charge is 0.154 e. The molecule has 0 radical (unpaired) electrons. The largest absolute Gasteiger partial charge is 0.368 e. The second-order valence-electron chi connectivity index (χ2n) is 5.54. The Balaban J connectivity index is 2.72. The first-order valence-electron chi connectivity index (χ1n) is 5.76. The minimum absolute atomic E-state index is 0.125. The van der Waals surface area contributed by atoms with Gasteiger partial charge in [-0.2, -0.15) is 0 Å². The minimum atomic E-state index is -1.23. The predicted octanol–water partition coefficient (Wildman–Crippen LogP) is 2.47. The van der Waals surface area contributed by atoms with Gasteiger partial charge in [-0.05, 0) is 23.0 Å². The Morgan fingerprint density at radius 2 is 1.56 bits per heavy atom. The van der Waals surface area contributed by atoms with Gasteiger partial charge in [0.1, 0.15) is 0 Å². The fraction of sp³-hybridized carbons (Fsp3) is 0.571. The zero-order valence-corrected chi connectivity index (χ0v) is 10.6. The molecular weight excluding hydrogens is 200 g/mol. The maximum absolute atomic E-state index is 9.02. The van der Waals surface area contributed by atoms with Gasteiger partial charge in [-0.3, -0.25) is 0 Å². The molecule has 1 atom stereocenters.